The summed E-state index contributed by atoms with van der Waals surface area (Å²) in [5.74, 6) is -0.0576. The highest BCUT2D eigenvalue weighted by Gasteiger charge is 2.34. The van der Waals surface area contributed by atoms with Crippen LogP contribution < -0.4 is 10.2 Å². The lowest BCUT2D eigenvalue weighted by Gasteiger charge is -2.37. The molecule has 2 heterocycles. The van der Waals surface area contributed by atoms with Gasteiger partial charge in [-0.1, -0.05) is 32.9 Å². The number of nitrogens with one attached hydrogen (secondary N) is 1. The van der Waals surface area contributed by atoms with Crippen molar-refractivity contribution in [2.24, 2.45) is 5.41 Å². The van der Waals surface area contributed by atoms with Gasteiger partial charge in [0.1, 0.15) is 12.1 Å². The van der Waals surface area contributed by atoms with E-state index < -0.39 is 11.7 Å². The van der Waals surface area contributed by atoms with Gasteiger partial charge in [0.2, 0.25) is 5.91 Å². The van der Waals surface area contributed by atoms with Gasteiger partial charge < -0.3 is 19.9 Å². The van der Waals surface area contributed by atoms with Crippen LogP contribution in [0.25, 0.3) is 0 Å². The molecule has 0 unspecified atom stereocenters. The van der Waals surface area contributed by atoms with Crippen LogP contribution in [-0.2, 0) is 16.1 Å². The van der Waals surface area contributed by atoms with E-state index >= 15 is 0 Å². The summed E-state index contributed by atoms with van der Waals surface area (Å²) in [5.41, 5.74) is 3.88. The van der Waals surface area contributed by atoms with Crippen molar-refractivity contribution in [2.45, 2.75) is 72.4 Å². The summed E-state index contributed by atoms with van der Waals surface area (Å²) in [5, 5.41) is 3.47. The summed E-state index contributed by atoms with van der Waals surface area (Å²) in [6, 6.07) is 16.8. The second-order valence-corrected chi connectivity index (χ2v) is 12.5. The van der Waals surface area contributed by atoms with Gasteiger partial charge >= 0.3 is 6.09 Å². The SMILES string of the molecule is CC(C)(C)CC(C)(C)OC(=O)N1CCN(Cc2ccc(Nc3ccc(N4CCCCC4)cc3)cc2)C(=O)C1. The molecule has 0 atom stereocenters. The molecule has 38 heavy (non-hydrogen) atoms. The van der Waals surface area contributed by atoms with Gasteiger partial charge in [-0.3, -0.25) is 9.69 Å². The average Bonchev–Trinajstić information content (AvgIpc) is 2.85. The molecule has 206 valence electrons. The van der Waals surface area contributed by atoms with Gasteiger partial charge in [0.25, 0.3) is 0 Å². The van der Waals surface area contributed by atoms with Crippen molar-refractivity contribution in [2.75, 3.05) is 42.9 Å². The Morgan fingerprint density at radius 3 is 2.03 bits per heavy atom. The zero-order chi connectivity index (χ0) is 27.3. The van der Waals surface area contributed by atoms with E-state index in [2.05, 4.69) is 55.3 Å². The maximum atomic E-state index is 12.8. The molecule has 2 aliphatic heterocycles. The predicted molar refractivity (Wildman–Crippen MR) is 154 cm³/mol. The van der Waals surface area contributed by atoms with Crippen LogP contribution in [0, 0.1) is 5.41 Å². The van der Waals surface area contributed by atoms with E-state index in [9.17, 15) is 9.59 Å². The number of anilines is 3. The first-order valence-electron chi connectivity index (χ1n) is 13.9. The number of piperazine rings is 1. The zero-order valence-electron chi connectivity index (χ0n) is 23.8. The molecule has 0 saturated carbocycles. The number of hydrogen-bond donors (Lipinski definition) is 1. The van der Waals surface area contributed by atoms with E-state index in [-0.39, 0.29) is 17.9 Å². The van der Waals surface area contributed by atoms with E-state index in [0.717, 1.165) is 36.4 Å². The molecule has 2 aliphatic rings. The monoisotopic (exact) mass is 520 g/mol. The highest BCUT2D eigenvalue weighted by molar-refractivity contribution is 5.83. The predicted octanol–water partition coefficient (Wildman–Crippen LogP) is 6.42. The number of piperidine rings is 1. The Hall–Kier alpha value is -3.22. The Balaban J connectivity index is 1.25. The van der Waals surface area contributed by atoms with Crippen LogP contribution in [0.3, 0.4) is 0 Å². The maximum Gasteiger partial charge on any atom is 0.410 e. The minimum absolute atomic E-state index is 0.0425. The molecule has 0 spiro atoms. The van der Waals surface area contributed by atoms with Crippen LogP contribution in [-0.4, -0.2) is 60.1 Å². The summed E-state index contributed by atoms with van der Waals surface area (Å²) < 4.78 is 5.76. The highest BCUT2D eigenvalue weighted by Crippen LogP contribution is 2.30. The fraction of sp³-hybridized carbons (Fsp3) is 0.548. The fourth-order valence-corrected chi connectivity index (χ4v) is 5.63. The molecule has 1 N–H and O–H groups in total. The van der Waals surface area contributed by atoms with Gasteiger partial charge in [-0.25, -0.2) is 4.79 Å². The summed E-state index contributed by atoms with van der Waals surface area (Å²) in [4.78, 5) is 31.3. The lowest BCUT2D eigenvalue weighted by molar-refractivity contribution is -0.136. The van der Waals surface area contributed by atoms with Gasteiger partial charge in [-0.05, 0) is 86.9 Å². The van der Waals surface area contributed by atoms with E-state index in [1.165, 1.54) is 29.8 Å². The molecule has 4 rings (SSSR count). The van der Waals surface area contributed by atoms with Crippen molar-refractivity contribution < 1.29 is 14.3 Å². The molecular weight excluding hydrogens is 476 g/mol. The van der Waals surface area contributed by atoms with Crippen molar-refractivity contribution >= 4 is 29.1 Å². The Kier molecular flexibility index (Phi) is 8.54. The first kappa shape index (κ1) is 27.8. The number of ether oxygens (including phenoxy) is 1. The molecule has 0 aromatic heterocycles. The maximum absolute atomic E-state index is 12.8. The third-order valence-electron chi connectivity index (χ3n) is 7.10. The van der Waals surface area contributed by atoms with Gasteiger partial charge in [0, 0.05) is 49.8 Å². The fourth-order valence-electron chi connectivity index (χ4n) is 5.63. The summed E-state index contributed by atoms with van der Waals surface area (Å²) in [6.45, 7) is 14.1. The first-order valence-corrected chi connectivity index (χ1v) is 13.9. The summed E-state index contributed by atoms with van der Waals surface area (Å²) >= 11 is 0. The Bertz CT molecular complexity index is 1080. The number of amides is 2. The van der Waals surface area contributed by atoms with Gasteiger partial charge in [0.15, 0.2) is 0 Å². The van der Waals surface area contributed by atoms with Gasteiger partial charge in [0.05, 0.1) is 0 Å². The number of rotatable bonds is 7. The van der Waals surface area contributed by atoms with Gasteiger partial charge in [-0.15, -0.1) is 0 Å². The van der Waals surface area contributed by atoms with E-state index in [0.29, 0.717) is 19.6 Å². The third kappa shape index (κ3) is 7.89. The Labute approximate surface area is 228 Å². The van der Waals surface area contributed by atoms with Crippen LogP contribution in [0.2, 0.25) is 0 Å². The summed E-state index contributed by atoms with van der Waals surface area (Å²) in [7, 11) is 0. The molecule has 0 radical (unpaired) electrons. The molecule has 0 aliphatic carbocycles. The topological polar surface area (TPSA) is 65.1 Å². The van der Waals surface area contributed by atoms with Crippen molar-refractivity contribution in [3.05, 3.63) is 54.1 Å². The van der Waals surface area contributed by atoms with E-state index in [4.69, 9.17) is 4.74 Å². The molecule has 7 nitrogen and oxygen atoms in total. The number of carbonyl (C=O) groups is 2. The lowest BCUT2D eigenvalue weighted by Crippen LogP contribution is -2.53. The summed E-state index contributed by atoms with van der Waals surface area (Å²) in [6.07, 6.45) is 4.22. The smallest absolute Gasteiger partial charge is 0.410 e. The van der Waals surface area contributed by atoms with E-state index in [1.807, 2.05) is 43.0 Å². The second kappa shape index (κ2) is 11.7. The number of benzene rings is 2. The van der Waals surface area contributed by atoms with Crippen LogP contribution in [0.15, 0.2) is 48.5 Å². The standard InChI is InChI=1S/C31H44N4O3/c1-30(2,3)23-31(4,5)38-29(37)35-20-19-34(28(36)22-35)21-24-9-11-25(12-10-24)32-26-13-15-27(16-14-26)33-17-7-6-8-18-33/h9-16,32H,6-8,17-23H2,1-5H3. The Morgan fingerprint density at radius 1 is 0.842 bits per heavy atom. The quantitative estimate of drug-likeness (QED) is 0.457. The van der Waals surface area contributed by atoms with Crippen LogP contribution in [0.1, 0.15) is 65.9 Å². The average molecular weight is 521 g/mol. The van der Waals surface area contributed by atoms with E-state index in [1.54, 1.807) is 0 Å². The minimum Gasteiger partial charge on any atom is -0.443 e. The molecule has 7 heteroatoms. The second-order valence-electron chi connectivity index (χ2n) is 12.5. The number of carbonyl (C=O) groups excluding carboxylic acids is 2. The van der Waals surface area contributed by atoms with Crippen LogP contribution in [0.4, 0.5) is 21.9 Å². The Morgan fingerprint density at radius 2 is 1.45 bits per heavy atom. The van der Waals surface area contributed by atoms with Crippen LogP contribution >= 0.6 is 0 Å². The van der Waals surface area contributed by atoms with Crippen molar-refractivity contribution in [1.29, 1.82) is 0 Å². The third-order valence-corrected chi connectivity index (χ3v) is 7.10. The normalized spacial score (nSPS) is 17.0. The van der Waals surface area contributed by atoms with Crippen molar-refractivity contribution in [1.82, 2.24) is 9.80 Å². The minimum atomic E-state index is -0.583. The molecule has 2 aromatic carbocycles. The van der Waals surface area contributed by atoms with Crippen molar-refractivity contribution in [3.63, 3.8) is 0 Å². The zero-order valence-corrected chi connectivity index (χ0v) is 23.8. The first-order chi connectivity index (χ1) is 18.0. The lowest BCUT2D eigenvalue weighted by atomic mass is 9.84. The van der Waals surface area contributed by atoms with Crippen molar-refractivity contribution in [3.8, 4) is 0 Å². The molecular formula is C31H44N4O3. The molecule has 2 saturated heterocycles. The largest absolute Gasteiger partial charge is 0.443 e. The number of hydrogen-bond acceptors (Lipinski definition) is 5. The van der Waals surface area contributed by atoms with Gasteiger partial charge in [-0.2, -0.15) is 0 Å². The molecule has 2 aromatic rings. The highest BCUT2D eigenvalue weighted by atomic mass is 16.6. The van der Waals surface area contributed by atoms with Crippen LogP contribution in [0.5, 0.6) is 0 Å². The molecule has 2 amide bonds. The molecule has 2 fully saturated rings. The number of nitrogens with zero attached hydrogens (tertiary/aromatic N) is 3. The molecule has 0 bridgehead atoms.